The number of nitrogens with one attached hydrogen (secondary N) is 1. The van der Waals surface area contributed by atoms with Crippen LogP contribution < -0.4 is 5.56 Å². The number of rotatable bonds is 3. The summed E-state index contributed by atoms with van der Waals surface area (Å²) in [6.45, 7) is 0.401. The smallest absolute Gasteiger partial charge is 0.275 e. The van der Waals surface area contributed by atoms with Gasteiger partial charge in [-0.15, -0.1) is 0 Å². The molecule has 2 saturated carbocycles. The van der Waals surface area contributed by atoms with Gasteiger partial charge in [-0.1, -0.05) is 0 Å². The van der Waals surface area contributed by atoms with Gasteiger partial charge in [0.2, 0.25) is 0 Å². The van der Waals surface area contributed by atoms with Crippen LogP contribution in [0.25, 0.3) is 0 Å². The average molecular weight is 347 g/mol. The fourth-order valence-electron chi connectivity index (χ4n) is 3.25. The number of hydrogen-bond donors (Lipinski definition) is 1. The van der Waals surface area contributed by atoms with Gasteiger partial charge >= 0.3 is 0 Å². The van der Waals surface area contributed by atoms with Gasteiger partial charge < -0.3 is 9.88 Å². The van der Waals surface area contributed by atoms with Gasteiger partial charge in [0.15, 0.2) is 0 Å². The minimum atomic E-state index is -2.74. The Bertz CT molecular complexity index is 946. The number of carbonyl (C=O) groups is 1. The quantitative estimate of drug-likeness (QED) is 0.914. The first kappa shape index (κ1) is 14.7. The van der Waals surface area contributed by atoms with E-state index in [-0.39, 0.29) is 36.7 Å². The van der Waals surface area contributed by atoms with Gasteiger partial charge in [0.25, 0.3) is 17.4 Å². The molecule has 3 heterocycles. The molecule has 5 rings (SSSR count). The number of carbonyl (C=O) groups excluding carboxylic acids is 1. The summed E-state index contributed by atoms with van der Waals surface area (Å²) >= 11 is 0. The van der Waals surface area contributed by atoms with Gasteiger partial charge in [-0.2, -0.15) is 5.10 Å². The first-order valence-electron chi connectivity index (χ1n) is 8.26. The zero-order valence-corrected chi connectivity index (χ0v) is 13.2. The van der Waals surface area contributed by atoms with Crippen molar-refractivity contribution in [3.05, 3.63) is 45.4 Å². The van der Waals surface area contributed by atoms with Crippen LogP contribution in [0.15, 0.2) is 17.1 Å². The molecule has 3 aliphatic rings. The molecule has 130 valence electrons. The number of amides is 1. The molecule has 9 heteroatoms. The first-order chi connectivity index (χ1) is 11.9. The number of nitrogens with zero attached hydrogens (tertiary/aromatic N) is 4. The molecule has 2 aromatic heterocycles. The van der Waals surface area contributed by atoms with Crippen molar-refractivity contribution in [2.45, 2.75) is 50.2 Å². The highest BCUT2D eigenvalue weighted by molar-refractivity contribution is 5.92. The van der Waals surface area contributed by atoms with Crippen molar-refractivity contribution in [3.63, 3.8) is 0 Å². The molecule has 2 aromatic rings. The van der Waals surface area contributed by atoms with Crippen molar-refractivity contribution in [2.24, 2.45) is 0 Å². The van der Waals surface area contributed by atoms with E-state index in [0.717, 1.165) is 17.5 Å². The molecule has 1 N–H and O–H groups in total. The van der Waals surface area contributed by atoms with Gasteiger partial charge in [0, 0.05) is 18.5 Å². The zero-order chi connectivity index (χ0) is 17.3. The van der Waals surface area contributed by atoms with Crippen molar-refractivity contribution < 1.29 is 13.6 Å². The summed E-state index contributed by atoms with van der Waals surface area (Å²) in [7, 11) is 0. The van der Waals surface area contributed by atoms with Crippen molar-refractivity contribution in [3.8, 4) is 0 Å². The fraction of sp³-hybridized carbons (Fsp3) is 0.500. The summed E-state index contributed by atoms with van der Waals surface area (Å²) in [5.74, 6) is -2.11. The van der Waals surface area contributed by atoms with Crippen LogP contribution in [0.2, 0.25) is 0 Å². The Morgan fingerprint density at radius 3 is 2.76 bits per heavy atom. The molecule has 0 aromatic carbocycles. The van der Waals surface area contributed by atoms with Crippen LogP contribution in [0.5, 0.6) is 0 Å². The lowest BCUT2D eigenvalue weighted by molar-refractivity contribution is 0.0739. The molecule has 0 radical (unpaired) electrons. The Morgan fingerprint density at radius 2 is 2.08 bits per heavy atom. The molecule has 1 unspecified atom stereocenters. The van der Waals surface area contributed by atoms with E-state index in [2.05, 4.69) is 15.1 Å². The van der Waals surface area contributed by atoms with Crippen LogP contribution >= 0.6 is 0 Å². The third kappa shape index (κ3) is 2.37. The average Bonchev–Trinajstić information content (AvgIpc) is 3.39. The van der Waals surface area contributed by atoms with Crippen LogP contribution in [0.1, 0.15) is 58.8 Å². The van der Waals surface area contributed by atoms with E-state index in [0.29, 0.717) is 23.0 Å². The van der Waals surface area contributed by atoms with Gasteiger partial charge in [-0.05, 0) is 18.9 Å². The Hall–Kier alpha value is -2.58. The van der Waals surface area contributed by atoms with Crippen LogP contribution in [0.3, 0.4) is 0 Å². The van der Waals surface area contributed by atoms with Gasteiger partial charge in [-0.25, -0.2) is 13.8 Å². The normalized spacial score (nSPS) is 23.6. The predicted octanol–water partition coefficient (Wildman–Crippen LogP) is 1.58. The lowest BCUT2D eigenvalue weighted by Crippen LogP contribution is -2.26. The maximum absolute atomic E-state index is 13.1. The molecule has 2 aliphatic carbocycles. The number of hydrogen-bond acceptors (Lipinski definition) is 4. The summed E-state index contributed by atoms with van der Waals surface area (Å²) in [6, 6.07) is 0.475. The molecule has 1 amide bonds. The van der Waals surface area contributed by atoms with Crippen LogP contribution in [0, 0.1) is 0 Å². The molecule has 0 saturated heterocycles. The Morgan fingerprint density at radius 1 is 1.32 bits per heavy atom. The van der Waals surface area contributed by atoms with E-state index in [1.807, 2.05) is 0 Å². The first-order valence-corrected chi connectivity index (χ1v) is 8.26. The number of H-pyrrole nitrogens is 1. The van der Waals surface area contributed by atoms with Gasteiger partial charge in [-0.3, -0.25) is 14.3 Å². The molecular weight excluding hydrogens is 332 g/mol. The molecular formula is C16H15F2N5O2. The summed E-state index contributed by atoms with van der Waals surface area (Å²) in [6.07, 6.45) is 3.19. The molecule has 0 spiro atoms. The molecule has 25 heavy (non-hydrogen) atoms. The maximum Gasteiger partial charge on any atom is 0.275 e. The van der Waals surface area contributed by atoms with E-state index in [1.165, 1.54) is 17.2 Å². The van der Waals surface area contributed by atoms with E-state index in [1.54, 1.807) is 0 Å². The minimum absolute atomic E-state index is 0.106. The molecule has 0 bridgehead atoms. The molecule has 7 nitrogen and oxygen atoms in total. The van der Waals surface area contributed by atoms with E-state index in [9.17, 15) is 18.4 Å². The second-order valence-electron chi connectivity index (χ2n) is 6.97. The second-order valence-corrected chi connectivity index (χ2v) is 6.97. The van der Waals surface area contributed by atoms with Crippen LogP contribution in [-0.4, -0.2) is 36.5 Å². The van der Waals surface area contributed by atoms with E-state index < -0.39 is 12.0 Å². The van der Waals surface area contributed by atoms with Crippen molar-refractivity contribution in [2.75, 3.05) is 0 Å². The Balaban J connectivity index is 1.37. The lowest BCUT2D eigenvalue weighted by Gasteiger charge is -2.12. The Labute approximate surface area is 140 Å². The van der Waals surface area contributed by atoms with Crippen molar-refractivity contribution in [1.29, 1.82) is 0 Å². The molecule has 2 fully saturated rings. The highest BCUT2D eigenvalue weighted by Gasteiger charge is 2.59. The van der Waals surface area contributed by atoms with Crippen LogP contribution in [0.4, 0.5) is 8.78 Å². The standard InChI is InChI=1S/C16H15F2N5O2/c17-16(18)5-12(16)23-4-3-10(21-23)15(25)22-6-9-11(7-22)19-13(8-1-2-8)20-14(9)24/h3-4,8,12H,1-2,5-7H2,(H,19,20,24). The van der Waals surface area contributed by atoms with Gasteiger partial charge in [0.1, 0.15) is 17.6 Å². The fourth-order valence-corrected chi connectivity index (χ4v) is 3.25. The molecule has 1 aliphatic heterocycles. The second kappa shape index (κ2) is 4.74. The van der Waals surface area contributed by atoms with Crippen LogP contribution in [-0.2, 0) is 13.1 Å². The summed E-state index contributed by atoms with van der Waals surface area (Å²) in [5, 5.41) is 3.99. The zero-order valence-electron chi connectivity index (χ0n) is 13.2. The SMILES string of the molecule is O=C(c1ccn(C2CC2(F)F)n1)N1Cc2nc(C3CC3)[nH]c(=O)c2C1. The Kier molecular flexibility index (Phi) is 2.79. The number of fused-ring (bicyclic) bond motifs is 1. The minimum Gasteiger partial charge on any atom is -0.327 e. The number of alkyl halides is 2. The highest BCUT2D eigenvalue weighted by Crippen LogP contribution is 2.52. The third-order valence-electron chi connectivity index (χ3n) is 5.00. The van der Waals surface area contributed by atoms with Crippen molar-refractivity contribution in [1.82, 2.24) is 24.6 Å². The number of halogens is 2. The largest absolute Gasteiger partial charge is 0.327 e. The van der Waals surface area contributed by atoms with Crippen molar-refractivity contribution >= 4 is 5.91 Å². The third-order valence-corrected chi connectivity index (χ3v) is 5.00. The highest BCUT2D eigenvalue weighted by atomic mass is 19.3. The van der Waals surface area contributed by atoms with Gasteiger partial charge in [0.05, 0.1) is 24.3 Å². The van der Waals surface area contributed by atoms with E-state index >= 15 is 0 Å². The summed E-state index contributed by atoms with van der Waals surface area (Å²) in [4.78, 5) is 33.6. The monoisotopic (exact) mass is 347 g/mol. The number of aromatic nitrogens is 4. The van der Waals surface area contributed by atoms with E-state index in [4.69, 9.17) is 0 Å². The lowest BCUT2D eigenvalue weighted by atomic mass is 10.2. The topological polar surface area (TPSA) is 83.9 Å². The predicted molar refractivity (Wildman–Crippen MR) is 81.2 cm³/mol. The maximum atomic E-state index is 13.1. The summed E-state index contributed by atoms with van der Waals surface area (Å²) in [5.41, 5.74) is 1.01. The molecule has 1 atom stereocenters. The summed E-state index contributed by atoms with van der Waals surface area (Å²) < 4.78 is 27.4. The number of aromatic amines is 1.